The first-order valence-corrected chi connectivity index (χ1v) is 10.7. The average molecular weight is 455 g/mol. The molecule has 0 amide bonds. The Labute approximate surface area is 187 Å². The molecule has 2 aromatic heterocycles. The van der Waals surface area contributed by atoms with Gasteiger partial charge in [0, 0.05) is 33.3 Å². The van der Waals surface area contributed by atoms with Gasteiger partial charge in [-0.15, -0.1) is 11.3 Å². The molecule has 4 aromatic rings. The van der Waals surface area contributed by atoms with E-state index >= 15 is 0 Å². The molecule has 0 bridgehead atoms. The van der Waals surface area contributed by atoms with Gasteiger partial charge in [0.05, 0.1) is 31.7 Å². The fourth-order valence-electron chi connectivity index (χ4n) is 3.38. The predicted molar refractivity (Wildman–Crippen MR) is 122 cm³/mol. The van der Waals surface area contributed by atoms with Gasteiger partial charge in [0.15, 0.2) is 10.7 Å². The molecule has 0 atom stereocenters. The van der Waals surface area contributed by atoms with Crippen LogP contribution in [0.25, 0.3) is 22.3 Å². The van der Waals surface area contributed by atoms with Gasteiger partial charge in [-0.2, -0.15) is 0 Å². The van der Waals surface area contributed by atoms with Crippen molar-refractivity contribution in [3.8, 4) is 17.0 Å². The van der Waals surface area contributed by atoms with Gasteiger partial charge in [0.1, 0.15) is 5.75 Å². The summed E-state index contributed by atoms with van der Waals surface area (Å²) in [5.74, 6) is 0.0990. The number of ether oxygens (including phenoxy) is 1. The molecule has 8 heteroatoms. The summed E-state index contributed by atoms with van der Waals surface area (Å²) < 4.78 is 7.21. The highest BCUT2D eigenvalue weighted by molar-refractivity contribution is 7.15. The molecule has 0 unspecified atom stereocenters. The van der Waals surface area contributed by atoms with E-state index in [9.17, 15) is 15.0 Å². The number of carbonyl (C=O) groups excluding carboxylic acids is 1. The molecule has 6 nitrogen and oxygen atoms in total. The van der Waals surface area contributed by atoms with Crippen LogP contribution in [0.1, 0.15) is 27.2 Å². The maximum atomic E-state index is 12.9. The van der Waals surface area contributed by atoms with E-state index in [1.807, 2.05) is 28.1 Å². The van der Waals surface area contributed by atoms with Gasteiger partial charge in [-0.05, 0) is 42.0 Å². The quantitative estimate of drug-likeness (QED) is 0.315. The van der Waals surface area contributed by atoms with Gasteiger partial charge in [-0.1, -0.05) is 23.7 Å². The number of ketones is 1. The predicted octanol–water partition coefficient (Wildman–Crippen LogP) is 4.61. The molecule has 0 radical (unpaired) electrons. The third kappa shape index (κ3) is 4.13. The highest BCUT2D eigenvalue weighted by Crippen LogP contribution is 2.29. The van der Waals surface area contributed by atoms with Crippen LogP contribution in [0.5, 0.6) is 5.75 Å². The number of hydrogen-bond acceptors (Lipinski definition) is 6. The molecule has 0 fully saturated rings. The Kier molecular flexibility index (Phi) is 6.20. The van der Waals surface area contributed by atoms with Gasteiger partial charge >= 0.3 is 0 Å². The van der Waals surface area contributed by atoms with Crippen molar-refractivity contribution in [2.45, 2.75) is 13.2 Å². The molecule has 4 rings (SSSR count). The van der Waals surface area contributed by atoms with Crippen LogP contribution < -0.4 is 4.74 Å². The average Bonchev–Trinajstić information content (AvgIpc) is 3.38. The molecule has 2 N–H and O–H groups in total. The van der Waals surface area contributed by atoms with E-state index in [0.717, 1.165) is 21.9 Å². The van der Waals surface area contributed by atoms with Crippen LogP contribution in [0.3, 0.4) is 0 Å². The van der Waals surface area contributed by atoms with Gasteiger partial charge in [0.2, 0.25) is 0 Å². The standard InChI is InChI=1S/C23H19ClN2O4S/c1-30-21-11-15(10-16(12-27)18(21)13-28)20(29)7-6-19-22(14-2-4-17(24)5-3-14)25-23-26(19)8-9-31-23/h2-11,27-28H,12-13H2,1H3. The highest BCUT2D eigenvalue weighted by Gasteiger charge is 2.16. The fraction of sp³-hybridized carbons (Fsp3) is 0.130. The first kappa shape index (κ1) is 21.3. The van der Waals surface area contributed by atoms with Gasteiger partial charge in [-0.25, -0.2) is 4.98 Å². The number of benzene rings is 2. The molecule has 0 aliphatic carbocycles. The molecule has 0 saturated carbocycles. The van der Waals surface area contributed by atoms with Crippen molar-refractivity contribution in [1.29, 1.82) is 0 Å². The van der Waals surface area contributed by atoms with Gasteiger partial charge in [0.25, 0.3) is 0 Å². The molecule has 0 saturated heterocycles. The van der Waals surface area contributed by atoms with Crippen molar-refractivity contribution in [3.05, 3.63) is 81.5 Å². The minimum absolute atomic E-state index is 0.260. The summed E-state index contributed by atoms with van der Waals surface area (Å²) in [4.78, 5) is 18.4. The summed E-state index contributed by atoms with van der Waals surface area (Å²) in [6, 6.07) is 10.5. The molecule has 31 heavy (non-hydrogen) atoms. The topological polar surface area (TPSA) is 84.1 Å². The van der Waals surface area contributed by atoms with Gasteiger partial charge in [-0.3, -0.25) is 9.20 Å². The van der Waals surface area contributed by atoms with Crippen LogP contribution in [0.2, 0.25) is 5.02 Å². The number of aliphatic hydroxyl groups excluding tert-OH is 2. The fourth-order valence-corrected chi connectivity index (χ4v) is 4.23. The van der Waals surface area contributed by atoms with E-state index in [-0.39, 0.29) is 19.0 Å². The van der Waals surface area contributed by atoms with Crippen molar-refractivity contribution < 1.29 is 19.7 Å². The van der Waals surface area contributed by atoms with E-state index < -0.39 is 0 Å². The van der Waals surface area contributed by atoms with E-state index in [2.05, 4.69) is 0 Å². The first-order chi connectivity index (χ1) is 15.0. The number of halogens is 1. The summed E-state index contributed by atoms with van der Waals surface area (Å²) >= 11 is 7.52. The number of rotatable bonds is 7. The number of allylic oxidation sites excluding steroid dienone is 1. The summed E-state index contributed by atoms with van der Waals surface area (Å²) in [5, 5.41) is 21.7. The normalized spacial score (nSPS) is 11.5. The first-order valence-electron chi connectivity index (χ1n) is 9.41. The Bertz CT molecular complexity index is 1250. The number of carbonyl (C=O) groups is 1. The van der Waals surface area contributed by atoms with Crippen LogP contribution in [-0.2, 0) is 13.2 Å². The van der Waals surface area contributed by atoms with E-state index in [1.165, 1.54) is 24.5 Å². The Hall–Kier alpha value is -2.97. The van der Waals surface area contributed by atoms with Crippen LogP contribution >= 0.6 is 22.9 Å². The zero-order chi connectivity index (χ0) is 22.0. The smallest absolute Gasteiger partial charge is 0.194 e. The number of imidazole rings is 1. The molecule has 158 valence electrons. The zero-order valence-electron chi connectivity index (χ0n) is 16.6. The lowest BCUT2D eigenvalue weighted by Gasteiger charge is -2.12. The molecule has 0 spiro atoms. The molecule has 2 aromatic carbocycles. The SMILES string of the molecule is COc1cc(C(=O)C=Cc2c(-c3ccc(Cl)cc3)nc3sccn23)cc(CO)c1CO. The summed E-state index contributed by atoms with van der Waals surface area (Å²) in [6.45, 7) is -0.601. The Balaban J connectivity index is 1.74. The third-order valence-electron chi connectivity index (χ3n) is 4.94. The minimum Gasteiger partial charge on any atom is -0.496 e. The van der Waals surface area contributed by atoms with E-state index in [1.54, 1.807) is 30.3 Å². The van der Waals surface area contributed by atoms with Crippen LogP contribution in [0, 0.1) is 0 Å². The second-order valence-corrected chi connectivity index (χ2v) is 8.05. The minimum atomic E-state index is -0.310. The molecular weight excluding hydrogens is 436 g/mol. The summed E-state index contributed by atoms with van der Waals surface area (Å²) in [5.41, 5.74) is 3.68. The number of methoxy groups -OCH3 is 1. The highest BCUT2D eigenvalue weighted by atomic mass is 35.5. The second kappa shape index (κ2) is 9.03. The number of thiazole rings is 1. The lowest BCUT2D eigenvalue weighted by molar-refractivity contribution is 0.104. The number of nitrogens with zero attached hydrogens (tertiary/aromatic N) is 2. The molecular formula is C23H19ClN2O4S. The van der Waals surface area contributed by atoms with Crippen LogP contribution in [0.4, 0.5) is 0 Å². The van der Waals surface area contributed by atoms with Crippen LogP contribution in [0.15, 0.2) is 54.1 Å². The molecule has 0 aliphatic rings. The van der Waals surface area contributed by atoms with Crippen molar-refractivity contribution >= 4 is 39.8 Å². The largest absolute Gasteiger partial charge is 0.496 e. The second-order valence-electron chi connectivity index (χ2n) is 6.74. The maximum absolute atomic E-state index is 12.9. The van der Waals surface area contributed by atoms with Crippen molar-refractivity contribution in [1.82, 2.24) is 9.38 Å². The monoisotopic (exact) mass is 454 g/mol. The Morgan fingerprint density at radius 3 is 2.68 bits per heavy atom. The number of hydrogen-bond donors (Lipinski definition) is 2. The zero-order valence-corrected chi connectivity index (χ0v) is 18.2. The van der Waals surface area contributed by atoms with E-state index in [0.29, 0.717) is 27.5 Å². The summed E-state index contributed by atoms with van der Waals surface area (Å²) in [6.07, 6.45) is 5.10. The molecule has 2 heterocycles. The van der Waals surface area contributed by atoms with Gasteiger partial charge < -0.3 is 14.9 Å². The van der Waals surface area contributed by atoms with E-state index in [4.69, 9.17) is 21.3 Å². The maximum Gasteiger partial charge on any atom is 0.194 e. The van der Waals surface area contributed by atoms with Crippen molar-refractivity contribution in [2.75, 3.05) is 7.11 Å². The van der Waals surface area contributed by atoms with Crippen molar-refractivity contribution in [3.63, 3.8) is 0 Å². The molecule has 0 aliphatic heterocycles. The lowest BCUT2D eigenvalue weighted by atomic mass is 10.0. The summed E-state index contributed by atoms with van der Waals surface area (Å²) in [7, 11) is 1.46. The lowest BCUT2D eigenvalue weighted by Crippen LogP contribution is -2.04. The number of aliphatic hydroxyl groups is 2. The third-order valence-corrected chi connectivity index (χ3v) is 5.95. The Morgan fingerprint density at radius 2 is 2.00 bits per heavy atom. The van der Waals surface area contributed by atoms with Crippen molar-refractivity contribution in [2.24, 2.45) is 0 Å². The van der Waals surface area contributed by atoms with Crippen LogP contribution in [-0.4, -0.2) is 32.5 Å². The Morgan fingerprint density at radius 1 is 1.23 bits per heavy atom. The number of fused-ring (bicyclic) bond motifs is 1. The number of aromatic nitrogens is 2.